The Morgan fingerprint density at radius 2 is 1.67 bits per heavy atom. The fourth-order valence-corrected chi connectivity index (χ4v) is 5.10. The standard InChI is InChI=1S/C23H21N3O4/c27-22-20-15-6-7-16(12-15)21(20)23(28)25(22)17-8-9-18(19(13-17)26(29)30)24-11-10-14-4-2-1-3-5-14/h1-9,13,15-16,20-21,24H,10-12H2/t15-,16-,20-,21-/m0/s1. The molecule has 2 fully saturated rings. The number of nitrogens with one attached hydrogen (secondary N) is 1. The largest absolute Gasteiger partial charge is 0.379 e. The van der Waals surface area contributed by atoms with Crippen LogP contribution in [0, 0.1) is 33.8 Å². The lowest BCUT2D eigenvalue weighted by atomic mass is 9.85. The quantitative estimate of drug-likeness (QED) is 0.345. The van der Waals surface area contributed by atoms with Crippen molar-refractivity contribution in [1.29, 1.82) is 0 Å². The van der Waals surface area contributed by atoms with E-state index in [2.05, 4.69) is 5.32 Å². The van der Waals surface area contributed by atoms with Crippen molar-refractivity contribution < 1.29 is 14.5 Å². The van der Waals surface area contributed by atoms with Crippen LogP contribution < -0.4 is 10.2 Å². The van der Waals surface area contributed by atoms with Gasteiger partial charge in [0, 0.05) is 12.6 Å². The SMILES string of the molecule is O=C1[C@@H]2[C@@H](C(=O)N1c1ccc(NCCc3ccccc3)c([N+](=O)[O-])c1)[C@H]1C=C[C@H]2C1. The number of carbonyl (C=O) groups excluding carboxylic acids is 2. The molecule has 1 aliphatic heterocycles. The Bertz CT molecular complexity index is 1040. The van der Waals surface area contributed by atoms with Gasteiger partial charge in [0.05, 0.1) is 22.4 Å². The summed E-state index contributed by atoms with van der Waals surface area (Å²) in [4.78, 5) is 38.3. The van der Waals surface area contributed by atoms with E-state index in [1.165, 1.54) is 6.07 Å². The second-order valence-corrected chi connectivity index (χ2v) is 8.13. The van der Waals surface area contributed by atoms with E-state index in [0.717, 1.165) is 23.3 Å². The van der Waals surface area contributed by atoms with Gasteiger partial charge in [-0.05, 0) is 42.4 Å². The van der Waals surface area contributed by atoms with Crippen LogP contribution in [-0.4, -0.2) is 23.3 Å². The number of hydrogen-bond acceptors (Lipinski definition) is 5. The number of nitro groups is 1. The van der Waals surface area contributed by atoms with Crippen molar-refractivity contribution in [3.8, 4) is 0 Å². The highest BCUT2D eigenvalue weighted by atomic mass is 16.6. The molecule has 1 N–H and O–H groups in total. The van der Waals surface area contributed by atoms with Gasteiger partial charge < -0.3 is 5.32 Å². The zero-order valence-electron chi connectivity index (χ0n) is 16.2. The first-order chi connectivity index (χ1) is 14.5. The third kappa shape index (κ3) is 2.89. The molecule has 3 aliphatic rings. The van der Waals surface area contributed by atoms with Crippen molar-refractivity contribution in [1.82, 2.24) is 0 Å². The number of amides is 2. The van der Waals surface area contributed by atoms with Crippen LogP contribution in [0.1, 0.15) is 12.0 Å². The summed E-state index contributed by atoms with van der Waals surface area (Å²) < 4.78 is 0. The maximum atomic E-state index is 13.0. The van der Waals surface area contributed by atoms with Gasteiger partial charge in [-0.25, -0.2) is 4.90 Å². The molecule has 0 radical (unpaired) electrons. The molecule has 0 aromatic heterocycles. The fourth-order valence-electron chi connectivity index (χ4n) is 5.10. The van der Waals surface area contributed by atoms with Crippen LogP contribution in [0.4, 0.5) is 17.1 Å². The molecule has 0 unspecified atom stereocenters. The molecule has 2 aromatic carbocycles. The number of fused-ring (bicyclic) bond motifs is 5. The average molecular weight is 403 g/mol. The third-order valence-corrected chi connectivity index (χ3v) is 6.48. The fraction of sp³-hybridized carbons (Fsp3) is 0.304. The van der Waals surface area contributed by atoms with Crippen LogP contribution in [0.3, 0.4) is 0 Å². The summed E-state index contributed by atoms with van der Waals surface area (Å²) in [5, 5.41) is 14.8. The predicted molar refractivity (Wildman–Crippen MR) is 112 cm³/mol. The number of carbonyl (C=O) groups is 2. The zero-order chi connectivity index (χ0) is 20.8. The minimum absolute atomic E-state index is 0.107. The Morgan fingerprint density at radius 1 is 1.00 bits per heavy atom. The molecule has 152 valence electrons. The first-order valence-corrected chi connectivity index (χ1v) is 10.2. The summed E-state index contributed by atoms with van der Waals surface area (Å²) in [5.74, 6) is -0.905. The molecule has 4 atom stereocenters. The van der Waals surface area contributed by atoms with Gasteiger partial charge in [-0.3, -0.25) is 19.7 Å². The van der Waals surface area contributed by atoms with Crippen molar-refractivity contribution in [2.75, 3.05) is 16.8 Å². The molecule has 7 heteroatoms. The lowest BCUT2D eigenvalue weighted by molar-refractivity contribution is -0.383. The van der Waals surface area contributed by atoms with Gasteiger partial charge >= 0.3 is 0 Å². The molecule has 30 heavy (non-hydrogen) atoms. The maximum Gasteiger partial charge on any atom is 0.294 e. The van der Waals surface area contributed by atoms with Crippen LogP contribution >= 0.6 is 0 Å². The summed E-state index contributed by atoms with van der Waals surface area (Å²) in [5.41, 5.74) is 1.64. The van der Waals surface area contributed by atoms with E-state index in [1.54, 1.807) is 12.1 Å². The van der Waals surface area contributed by atoms with Crippen LogP contribution in [0.25, 0.3) is 0 Å². The van der Waals surface area contributed by atoms with E-state index in [4.69, 9.17) is 0 Å². The first-order valence-electron chi connectivity index (χ1n) is 10.2. The van der Waals surface area contributed by atoms with Crippen LogP contribution in [-0.2, 0) is 16.0 Å². The first kappa shape index (κ1) is 18.5. The number of benzene rings is 2. The Morgan fingerprint density at radius 3 is 2.30 bits per heavy atom. The summed E-state index contributed by atoms with van der Waals surface area (Å²) in [6.07, 6.45) is 5.64. The molecule has 2 amide bonds. The summed E-state index contributed by atoms with van der Waals surface area (Å²) >= 11 is 0. The van der Waals surface area contributed by atoms with Gasteiger partial charge in [-0.2, -0.15) is 0 Å². The Hall–Kier alpha value is -3.48. The van der Waals surface area contributed by atoms with Crippen molar-refractivity contribution in [2.24, 2.45) is 23.7 Å². The van der Waals surface area contributed by atoms with E-state index in [-0.39, 0.29) is 46.9 Å². The lowest BCUT2D eigenvalue weighted by Crippen LogP contribution is -2.32. The number of hydrogen-bond donors (Lipinski definition) is 1. The van der Waals surface area contributed by atoms with E-state index in [9.17, 15) is 19.7 Å². The highest BCUT2D eigenvalue weighted by Crippen LogP contribution is 2.53. The molecular formula is C23H21N3O4. The van der Waals surface area contributed by atoms with E-state index in [1.807, 2.05) is 42.5 Å². The second-order valence-electron chi connectivity index (χ2n) is 8.13. The number of nitro benzene ring substituents is 1. The van der Waals surface area contributed by atoms with Gasteiger partial charge in [0.1, 0.15) is 5.69 Å². The predicted octanol–water partition coefficient (Wildman–Crippen LogP) is 3.56. The third-order valence-electron chi connectivity index (χ3n) is 6.48. The number of allylic oxidation sites excluding steroid dienone is 2. The normalized spacial score (nSPS) is 26.3. The molecule has 0 spiro atoms. The molecule has 2 aromatic rings. The highest BCUT2D eigenvalue weighted by Gasteiger charge is 2.59. The molecule has 5 rings (SSSR count). The van der Waals surface area contributed by atoms with Crippen molar-refractivity contribution in [3.05, 3.63) is 76.4 Å². The lowest BCUT2D eigenvalue weighted by Gasteiger charge is -2.18. The van der Waals surface area contributed by atoms with Crippen LogP contribution in [0.5, 0.6) is 0 Å². The van der Waals surface area contributed by atoms with Gasteiger partial charge in [0.15, 0.2) is 0 Å². The Kier molecular flexibility index (Phi) is 4.38. The topological polar surface area (TPSA) is 92.6 Å². The van der Waals surface area contributed by atoms with E-state index >= 15 is 0 Å². The number of anilines is 2. The monoisotopic (exact) mass is 403 g/mol. The summed E-state index contributed by atoms with van der Waals surface area (Å²) in [7, 11) is 0. The Labute approximate surface area is 173 Å². The van der Waals surface area contributed by atoms with E-state index < -0.39 is 4.92 Å². The smallest absolute Gasteiger partial charge is 0.294 e. The molecule has 2 aliphatic carbocycles. The minimum atomic E-state index is -0.481. The molecule has 2 bridgehead atoms. The average Bonchev–Trinajstić information content (AvgIpc) is 3.43. The van der Waals surface area contributed by atoms with Crippen molar-refractivity contribution in [3.63, 3.8) is 0 Å². The second kappa shape index (κ2) is 7.09. The molecule has 1 saturated carbocycles. The maximum absolute atomic E-state index is 13.0. The number of nitrogens with zero attached hydrogens (tertiary/aromatic N) is 2. The molecule has 1 heterocycles. The van der Waals surface area contributed by atoms with E-state index in [0.29, 0.717) is 12.2 Å². The highest BCUT2D eigenvalue weighted by molar-refractivity contribution is 6.23. The Balaban J connectivity index is 1.37. The van der Waals surface area contributed by atoms with Gasteiger partial charge in [0.2, 0.25) is 11.8 Å². The van der Waals surface area contributed by atoms with Crippen LogP contribution in [0.2, 0.25) is 0 Å². The minimum Gasteiger partial charge on any atom is -0.379 e. The molecule has 1 saturated heterocycles. The van der Waals surface area contributed by atoms with Gasteiger partial charge in [0.25, 0.3) is 5.69 Å². The van der Waals surface area contributed by atoms with Crippen molar-refractivity contribution in [2.45, 2.75) is 12.8 Å². The summed E-state index contributed by atoms with van der Waals surface area (Å²) in [6, 6.07) is 14.4. The summed E-state index contributed by atoms with van der Waals surface area (Å²) in [6.45, 7) is 0.533. The zero-order valence-corrected chi connectivity index (χ0v) is 16.2. The van der Waals surface area contributed by atoms with Gasteiger partial charge in [-0.1, -0.05) is 42.5 Å². The van der Waals surface area contributed by atoms with Crippen LogP contribution in [0.15, 0.2) is 60.7 Å². The van der Waals surface area contributed by atoms with Crippen molar-refractivity contribution >= 4 is 28.9 Å². The number of imide groups is 1. The van der Waals surface area contributed by atoms with Gasteiger partial charge in [-0.15, -0.1) is 0 Å². The molecular weight excluding hydrogens is 382 g/mol. The molecule has 7 nitrogen and oxygen atoms in total. The number of rotatable bonds is 6.